The Hall–Kier alpha value is -2.53. The molecule has 3 rings (SSSR count). The number of likely N-dealkylation sites (tertiary alicyclic amines) is 1. The Morgan fingerprint density at radius 2 is 1.70 bits per heavy atom. The molecule has 1 heterocycles. The van der Waals surface area contributed by atoms with Crippen LogP contribution in [-0.2, 0) is 4.79 Å². The Balaban J connectivity index is 1.54. The molecule has 1 aliphatic rings. The number of carbonyl (C=O) groups excluding carboxylic acids is 2. The van der Waals surface area contributed by atoms with Gasteiger partial charge in [0, 0.05) is 29.7 Å². The summed E-state index contributed by atoms with van der Waals surface area (Å²) in [5, 5.41) is 3.71. The molecule has 0 radical (unpaired) electrons. The summed E-state index contributed by atoms with van der Waals surface area (Å²) in [6.07, 6.45) is 1.43. The highest BCUT2D eigenvalue weighted by atomic mass is 35.5. The average Bonchev–Trinajstić information content (AvgIpc) is 2.71. The summed E-state index contributed by atoms with van der Waals surface area (Å²) in [5.74, 6) is 0.569. The van der Waals surface area contributed by atoms with Gasteiger partial charge in [-0.25, -0.2) is 0 Å². The van der Waals surface area contributed by atoms with Crippen molar-refractivity contribution in [3.8, 4) is 5.75 Å². The molecule has 1 aliphatic heterocycles. The zero-order valence-electron chi connectivity index (χ0n) is 18.0. The van der Waals surface area contributed by atoms with Gasteiger partial charge in [-0.15, -0.1) is 0 Å². The third-order valence-electron chi connectivity index (χ3n) is 5.46. The van der Waals surface area contributed by atoms with Gasteiger partial charge < -0.3 is 15.0 Å². The van der Waals surface area contributed by atoms with Crippen molar-refractivity contribution in [3.63, 3.8) is 0 Å². The molecule has 2 amide bonds. The van der Waals surface area contributed by atoms with Crippen LogP contribution in [0.3, 0.4) is 0 Å². The number of rotatable bonds is 5. The second-order valence-electron chi connectivity index (χ2n) is 8.43. The van der Waals surface area contributed by atoms with Gasteiger partial charge in [-0.3, -0.25) is 9.59 Å². The van der Waals surface area contributed by atoms with Gasteiger partial charge in [-0.05, 0) is 82.0 Å². The number of nitrogens with one attached hydrogen (secondary N) is 1. The van der Waals surface area contributed by atoms with Gasteiger partial charge in [-0.1, -0.05) is 23.7 Å². The van der Waals surface area contributed by atoms with E-state index in [4.69, 9.17) is 16.3 Å². The highest BCUT2D eigenvalue weighted by molar-refractivity contribution is 6.30. The van der Waals surface area contributed by atoms with E-state index in [1.165, 1.54) is 0 Å². The lowest BCUT2D eigenvalue weighted by Gasteiger charge is -2.34. The first-order valence-electron chi connectivity index (χ1n) is 10.3. The fraction of sp³-hybridized carbons (Fsp3) is 0.417. The third kappa shape index (κ3) is 5.33. The van der Waals surface area contributed by atoms with Crippen LogP contribution in [0.2, 0.25) is 5.02 Å². The summed E-state index contributed by atoms with van der Waals surface area (Å²) < 4.78 is 6.06. The highest BCUT2D eigenvalue weighted by Gasteiger charge is 2.33. The molecule has 1 N–H and O–H groups in total. The Morgan fingerprint density at radius 1 is 1.07 bits per heavy atom. The highest BCUT2D eigenvalue weighted by Crippen LogP contribution is 2.25. The number of ether oxygens (including phenoxy) is 1. The quantitative estimate of drug-likeness (QED) is 0.760. The third-order valence-corrected chi connectivity index (χ3v) is 5.72. The van der Waals surface area contributed by atoms with Gasteiger partial charge in [0.05, 0.1) is 0 Å². The van der Waals surface area contributed by atoms with Crippen molar-refractivity contribution in [1.29, 1.82) is 0 Å². The van der Waals surface area contributed by atoms with Crippen LogP contribution >= 0.6 is 11.6 Å². The van der Waals surface area contributed by atoms with Crippen LogP contribution < -0.4 is 10.1 Å². The van der Waals surface area contributed by atoms with Crippen LogP contribution in [0.25, 0.3) is 0 Å². The molecule has 0 aliphatic carbocycles. The molecule has 160 valence electrons. The van der Waals surface area contributed by atoms with E-state index in [9.17, 15) is 9.59 Å². The van der Waals surface area contributed by atoms with Crippen molar-refractivity contribution < 1.29 is 14.3 Å². The van der Waals surface area contributed by atoms with Gasteiger partial charge in [0.2, 0.25) is 0 Å². The van der Waals surface area contributed by atoms with Crippen molar-refractivity contribution in [1.82, 2.24) is 10.2 Å². The number of benzene rings is 2. The van der Waals surface area contributed by atoms with Crippen LogP contribution in [0.15, 0.2) is 42.5 Å². The number of carbonyl (C=O) groups is 2. The van der Waals surface area contributed by atoms with Crippen LogP contribution in [-0.4, -0.2) is 41.4 Å². The second-order valence-corrected chi connectivity index (χ2v) is 8.86. The fourth-order valence-electron chi connectivity index (χ4n) is 3.50. The molecule has 1 fully saturated rings. The van der Waals surface area contributed by atoms with Crippen LogP contribution in [0.4, 0.5) is 0 Å². The van der Waals surface area contributed by atoms with Crippen LogP contribution in [0.1, 0.15) is 48.2 Å². The smallest absolute Gasteiger partial charge is 0.263 e. The molecule has 1 saturated heterocycles. The predicted octanol–water partition coefficient (Wildman–Crippen LogP) is 4.54. The number of amides is 2. The topological polar surface area (TPSA) is 58.6 Å². The normalized spacial score (nSPS) is 15.0. The summed E-state index contributed by atoms with van der Waals surface area (Å²) in [4.78, 5) is 27.3. The fourth-order valence-corrected chi connectivity index (χ4v) is 3.63. The largest absolute Gasteiger partial charge is 0.478 e. The summed E-state index contributed by atoms with van der Waals surface area (Å²) in [5.41, 5.74) is 1.72. The van der Waals surface area contributed by atoms with Crippen LogP contribution in [0, 0.1) is 13.8 Å². The molecule has 6 heteroatoms. The van der Waals surface area contributed by atoms with E-state index in [1.807, 2.05) is 36.9 Å². The molecular formula is C24H29ClN2O3. The summed E-state index contributed by atoms with van der Waals surface area (Å²) in [7, 11) is 0. The van der Waals surface area contributed by atoms with Gasteiger partial charge in [0.15, 0.2) is 5.60 Å². The summed E-state index contributed by atoms with van der Waals surface area (Å²) >= 11 is 5.90. The van der Waals surface area contributed by atoms with Crippen molar-refractivity contribution in [2.24, 2.45) is 0 Å². The predicted molar refractivity (Wildman–Crippen MR) is 119 cm³/mol. The number of hydrogen-bond acceptors (Lipinski definition) is 3. The van der Waals surface area contributed by atoms with Gasteiger partial charge in [0.1, 0.15) is 5.75 Å². The molecule has 0 spiro atoms. The summed E-state index contributed by atoms with van der Waals surface area (Å²) in [6.45, 7) is 8.73. The lowest BCUT2D eigenvalue weighted by molar-refractivity contribution is -0.135. The molecular weight excluding hydrogens is 400 g/mol. The minimum absolute atomic E-state index is 0.00460. The summed E-state index contributed by atoms with van der Waals surface area (Å²) in [6, 6.07) is 12.9. The maximum Gasteiger partial charge on any atom is 0.263 e. The number of aryl methyl sites for hydroxylation is 2. The van der Waals surface area contributed by atoms with Gasteiger partial charge in [0.25, 0.3) is 11.8 Å². The molecule has 30 heavy (non-hydrogen) atoms. The number of halogens is 1. The van der Waals surface area contributed by atoms with Crippen molar-refractivity contribution in [2.75, 3.05) is 13.1 Å². The molecule has 2 aromatic carbocycles. The average molecular weight is 429 g/mol. The zero-order chi connectivity index (χ0) is 21.9. The van der Waals surface area contributed by atoms with Crippen molar-refractivity contribution >= 4 is 23.4 Å². The molecule has 0 unspecified atom stereocenters. The number of hydrogen-bond donors (Lipinski definition) is 1. The van der Waals surface area contributed by atoms with E-state index >= 15 is 0 Å². The first-order chi connectivity index (χ1) is 14.2. The SMILES string of the molecule is Cc1ccc(C)c(OC(C)(C)C(=O)NC2CCN(C(=O)c3ccc(Cl)cc3)CC2)c1. The lowest BCUT2D eigenvalue weighted by Crippen LogP contribution is -2.53. The maximum absolute atomic E-state index is 12.9. The Morgan fingerprint density at radius 3 is 2.33 bits per heavy atom. The molecule has 5 nitrogen and oxygen atoms in total. The second kappa shape index (κ2) is 9.09. The zero-order valence-corrected chi connectivity index (χ0v) is 18.8. The van der Waals surface area contributed by atoms with E-state index in [0.29, 0.717) is 36.5 Å². The van der Waals surface area contributed by atoms with E-state index in [0.717, 1.165) is 16.9 Å². The first-order valence-corrected chi connectivity index (χ1v) is 10.7. The maximum atomic E-state index is 12.9. The molecule has 0 saturated carbocycles. The van der Waals surface area contributed by atoms with E-state index in [1.54, 1.807) is 38.1 Å². The minimum Gasteiger partial charge on any atom is -0.478 e. The molecule has 0 atom stereocenters. The first kappa shape index (κ1) is 22.2. The Kier molecular flexibility index (Phi) is 6.71. The standard InChI is InChI=1S/C24H29ClN2O3/c1-16-5-6-17(2)21(15-16)30-24(3,4)23(29)26-20-11-13-27(14-12-20)22(28)18-7-9-19(25)10-8-18/h5-10,15,20H,11-14H2,1-4H3,(H,26,29). The number of piperidine rings is 1. The molecule has 0 aromatic heterocycles. The lowest BCUT2D eigenvalue weighted by atomic mass is 10.0. The Bertz CT molecular complexity index is 917. The van der Waals surface area contributed by atoms with Gasteiger partial charge >= 0.3 is 0 Å². The minimum atomic E-state index is -0.991. The Labute approximate surface area is 183 Å². The van der Waals surface area contributed by atoms with E-state index in [-0.39, 0.29) is 17.9 Å². The van der Waals surface area contributed by atoms with Crippen LogP contribution in [0.5, 0.6) is 5.75 Å². The number of nitrogens with zero attached hydrogens (tertiary/aromatic N) is 1. The van der Waals surface area contributed by atoms with E-state index < -0.39 is 5.60 Å². The van der Waals surface area contributed by atoms with Crippen molar-refractivity contribution in [2.45, 2.75) is 52.2 Å². The molecule has 2 aromatic rings. The van der Waals surface area contributed by atoms with Gasteiger partial charge in [-0.2, -0.15) is 0 Å². The van der Waals surface area contributed by atoms with E-state index in [2.05, 4.69) is 5.32 Å². The molecule has 0 bridgehead atoms. The van der Waals surface area contributed by atoms with Crippen molar-refractivity contribution in [3.05, 3.63) is 64.2 Å². The monoisotopic (exact) mass is 428 g/mol.